The maximum absolute atomic E-state index is 10.9. The molecule has 2 rings (SSSR count). The summed E-state index contributed by atoms with van der Waals surface area (Å²) in [7, 11) is -2.37. The van der Waals surface area contributed by atoms with Crippen LogP contribution in [0.1, 0.15) is 5.56 Å². The molecule has 7 heteroatoms. The molecule has 2 aromatic carbocycles. The summed E-state index contributed by atoms with van der Waals surface area (Å²) in [5.74, 6) is -0.382. The van der Waals surface area contributed by atoms with Gasteiger partial charge in [-0.15, -0.1) is 0 Å². The highest BCUT2D eigenvalue weighted by molar-refractivity contribution is 7.85. The van der Waals surface area contributed by atoms with Crippen LogP contribution in [0.3, 0.4) is 0 Å². The molecular formula is C18H21N3O3S. The zero-order chi connectivity index (χ0) is 18.3. The van der Waals surface area contributed by atoms with Crippen LogP contribution in [0.4, 0.5) is 5.69 Å². The van der Waals surface area contributed by atoms with Gasteiger partial charge in [-0.05, 0) is 29.3 Å². The first-order valence-electron chi connectivity index (χ1n) is 7.67. The lowest BCUT2D eigenvalue weighted by Gasteiger charge is -2.14. The zero-order valence-electron chi connectivity index (χ0n) is 13.9. The van der Waals surface area contributed by atoms with Crippen molar-refractivity contribution in [1.82, 2.24) is 0 Å². The Balaban J connectivity index is 2.37. The largest absolute Gasteiger partial charge is 0.398 e. The average molecular weight is 359 g/mol. The lowest BCUT2D eigenvalue weighted by atomic mass is 10.00. The molecule has 0 aromatic heterocycles. The number of nitrogens with zero attached hydrogens (tertiary/aromatic N) is 1. The monoisotopic (exact) mass is 359 g/mol. The van der Waals surface area contributed by atoms with E-state index in [2.05, 4.69) is 10.3 Å². The number of rotatable bonds is 7. The highest BCUT2D eigenvalue weighted by Gasteiger charge is 2.09. The van der Waals surface area contributed by atoms with E-state index in [1.807, 2.05) is 48.5 Å². The van der Waals surface area contributed by atoms with Crippen LogP contribution in [0.2, 0.25) is 0 Å². The number of nitrogens with two attached hydrogens (primary N) is 1. The first-order valence-corrected chi connectivity index (χ1v) is 9.28. The van der Waals surface area contributed by atoms with Gasteiger partial charge in [0.1, 0.15) is 0 Å². The molecule has 0 radical (unpaired) electrons. The zero-order valence-corrected chi connectivity index (χ0v) is 14.7. The third-order valence-electron chi connectivity index (χ3n) is 3.52. The van der Waals surface area contributed by atoms with Crippen molar-refractivity contribution in [2.75, 3.05) is 24.7 Å². The average Bonchev–Trinajstić information content (AvgIpc) is 2.59. The molecule has 0 unspecified atom stereocenters. The molecule has 2 aromatic rings. The Bertz CT molecular complexity index is 876. The Labute approximate surface area is 147 Å². The maximum Gasteiger partial charge on any atom is 0.266 e. The summed E-state index contributed by atoms with van der Waals surface area (Å²) < 4.78 is 30.6. The normalized spacial score (nSPS) is 12.5. The van der Waals surface area contributed by atoms with Gasteiger partial charge in [0.15, 0.2) is 0 Å². The van der Waals surface area contributed by atoms with Crippen LogP contribution in [-0.4, -0.2) is 38.5 Å². The van der Waals surface area contributed by atoms with E-state index in [0.717, 1.165) is 16.7 Å². The van der Waals surface area contributed by atoms with E-state index < -0.39 is 10.1 Å². The molecule has 0 saturated carbocycles. The summed E-state index contributed by atoms with van der Waals surface area (Å²) in [6, 6.07) is 15.5. The van der Waals surface area contributed by atoms with E-state index >= 15 is 0 Å². The van der Waals surface area contributed by atoms with Crippen LogP contribution in [0.15, 0.2) is 59.6 Å². The predicted octanol–water partition coefficient (Wildman–Crippen LogP) is 2.65. The van der Waals surface area contributed by atoms with Crippen LogP contribution in [0, 0.1) is 0 Å². The Morgan fingerprint density at radius 1 is 1.20 bits per heavy atom. The van der Waals surface area contributed by atoms with Crippen LogP contribution in [0.25, 0.3) is 16.8 Å². The fraction of sp³-hybridized carbons (Fsp3) is 0.167. The second-order valence-corrected chi connectivity index (χ2v) is 6.94. The number of aliphatic imine (C=N–C) groups is 1. The minimum Gasteiger partial charge on any atom is -0.398 e. The summed E-state index contributed by atoms with van der Waals surface area (Å²) in [6.07, 6.45) is 3.27. The van der Waals surface area contributed by atoms with Crippen molar-refractivity contribution in [3.8, 4) is 11.1 Å². The maximum atomic E-state index is 10.9. The SMILES string of the molecule is CN=CC=C(N)c1cc(-c2ccccc2)ccc1NCCS(=O)(=O)O. The van der Waals surface area contributed by atoms with Gasteiger partial charge in [-0.25, -0.2) is 0 Å². The number of hydrogen-bond donors (Lipinski definition) is 3. The van der Waals surface area contributed by atoms with E-state index in [0.29, 0.717) is 11.4 Å². The van der Waals surface area contributed by atoms with E-state index in [1.165, 1.54) is 0 Å². The van der Waals surface area contributed by atoms with Crippen molar-refractivity contribution < 1.29 is 13.0 Å². The van der Waals surface area contributed by atoms with Gasteiger partial charge < -0.3 is 11.1 Å². The molecule has 0 aliphatic heterocycles. The lowest BCUT2D eigenvalue weighted by Crippen LogP contribution is -2.15. The molecule has 0 atom stereocenters. The lowest BCUT2D eigenvalue weighted by molar-refractivity contribution is 0.484. The van der Waals surface area contributed by atoms with Crippen molar-refractivity contribution in [2.45, 2.75) is 0 Å². The second-order valence-electron chi connectivity index (χ2n) is 5.37. The van der Waals surface area contributed by atoms with E-state index in [-0.39, 0.29) is 12.3 Å². The molecule has 0 amide bonds. The Kier molecular flexibility index (Phi) is 6.32. The fourth-order valence-electron chi connectivity index (χ4n) is 2.31. The van der Waals surface area contributed by atoms with Crippen LogP contribution >= 0.6 is 0 Å². The molecular weight excluding hydrogens is 338 g/mol. The summed E-state index contributed by atoms with van der Waals surface area (Å²) in [4.78, 5) is 3.89. The van der Waals surface area contributed by atoms with Gasteiger partial charge in [0.05, 0.1) is 5.75 Å². The van der Waals surface area contributed by atoms with Crippen molar-refractivity contribution in [1.29, 1.82) is 0 Å². The molecule has 0 bridgehead atoms. The quantitative estimate of drug-likeness (QED) is 0.521. The summed E-state index contributed by atoms with van der Waals surface area (Å²) in [5.41, 5.74) is 10.1. The smallest absolute Gasteiger partial charge is 0.266 e. The number of anilines is 1. The van der Waals surface area contributed by atoms with Crippen LogP contribution < -0.4 is 11.1 Å². The summed E-state index contributed by atoms with van der Waals surface area (Å²) in [6.45, 7) is 0.0751. The van der Waals surface area contributed by atoms with Gasteiger partial charge in [0.25, 0.3) is 10.1 Å². The van der Waals surface area contributed by atoms with Gasteiger partial charge >= 0.3 is 0 Å². The molecule has 0 fully saturated rings. The molecule has 0 saturated heterocycles. The van der Waals surface area contributed by atoms with Gasteiger partial charge in [0.2, 0.25) is 0 Å². The Morgan fingerprint density at radius 2 is 1.92 bits per heavy atom. The molecule has 0 heterocycles. The molecule has 25 heavy (non-hydrogen) atoms. The third kappa shape index (κ3) is 5.74. The Hall–Kier alpha value is -2.64. The molecule has 4 N–H and O–H groups in total. The first kappa shape index (κ1) is 18.7. The van der Waals surface area contributed by atoms with Crippen molar-refractivity contribution in [3.63, 3.8) is 0 Å². The van der Waals surface area contributed by atoms with E-state index in [4.69, 9.17) is 10.3 Å². The van der Waals surface area contributed by atoms with E-state index in [9.17, 15) is 8.42 Å². The number of benzene rings is 2. The van der Waals surface area contributed by atoms with E-state index in [1.54, 1.807) is 19.3 Å². The standard InChI is InChI=1S/C18H21N3O3S/c1-20-10-9-17(19)16-13-15(14-5-3-2-4-6-14)7-8-18(16)21-11-12-25(22,23)24/h2-10,13,21H,11-12,19H2,1H3,(H,22,23,24). The number of allylic oxidation sites excluding steroid dienone is 1. The summed E-state index contributed by atoms with van der Waals surface area (Å²) >= 11 is 0. The van der Waals surface area contributed by atoms with Crippen molar-refractivity contribution in [2.24, 2.45) is 10.7 Å². The third-order valence-corrected chi connectivity index (χ3v) is 4.24. The van der Waals surface area contributed by atoms with Crippen LogP contribution in [0.5, 0.6) is 0 Å². The highest BCUT2D eigenvalue weighted by Crippen LogP contribution is 2.28. The second kappa shape index (κ2) is 8.46. The predicted molar refractivity (Wildman–Crippen MR) is 103 cm³/mol. The van der Waals surface area contributed by atoms with Gasteiger partial charge in [0, 0.05) is 36.8 Å². The summed E-state index contributed by atoms with van der Waals surface area (Å²) in [5, 5.41) is 3.00. The number of nitrogens with one attached hydrogen (secondary N) is 1. The van der Waals surface area contributed by atoms with Crippen molar-refractivity contribution in [3.05, 3.63) is 60.2 Å². The molecule has 0 aliphatic rings. The Morgan fingerprint density at radius 3 is 2.56 bits per heavy atom. The molecule has 132 valence electrons. The van der Waals surface area contributed by atoms with Gasteiger partial charge in [-0.1, -0.05) is 36.4 Å². The highest BCUT2D eigenvalue weighted by atomic mass is 32.2. The molecule has 0 aliphatic carbocycles. The topological polar surface area (TPSA) is 105 Å². The minimum absolute atomic E-state index is 0.0751. The minimum atomic E-state index is -4.02. The van der Waals surface area contributed by atoms with Gasteiger partial charge in [-0.3, -0.25) is 9.55 Å². The number of hydrogen-bond acceptors (Lipinski definition) is 5. The fourth-order valence-corrected chi connectivity index (χ4v) is 2.67. The van der Waals surface area contributed by atoms with Crippen molar-refractivity contribution >= 4 is 27.7 Å². The molecule has 6 nitrogen and oxygen atoms in total. The van der Waals surface area contributed by atoms with Crippen LogP contribution in [-0.2, 0) is 10.1 Å². The molecule has 0 spiro atoms. The first-order chi connectivity index (χ1) is 11.9. The van der Waals surface area contributed by atoms with Gasteiger partial charge in [-0.2, -0.15) is 8.42 Å².